The molecule has 0 bridgehead atoms. The summed E-state index contributed by atoms with van der Waals surface area (Å²) in [6.45, 7) is 0. The van der Waals surface area contributed by atoms with Crippen LogP contribution in [0.4, 0.5) is 0 Å². The average molecular weight is 286 g/mol. The van der Waals surface area contributed by atoms with E-state index in [1.165, 1.54) is 12.1 Å². The van der Waals surface area contributed by atoms with Crippen LogP contribution in [0.3, 0.4) is 0 Å². The number of H-pyrrole nitrogens is 4. The Bertz CT molecular complexity index is 739. The molecule has 2 heterocycles. The van der Waals surface area contributed by atoms with Gasteiger partial charge in [0.15, 0.2) is 12.1 Å². The van der Waals surface area contributed by atoms with Crippen molar-refractivity contribution in [3.8, 4) is 12.1 Å². The van der Waals surface area contributed by atoms with Crippen molar-refractivity contribution < 1.29 is 19.5 Å². The quantitative estimate of drug-likeness (QED) is 0.422. The van der Waals surface area contributed by atoms with Gasteiger partial charge in [0.2, 0.25) is 0 Å². The minimum Gasteiger partial charge on any atom is -0.300 e. The number of fused-ring (bicyclic) bond motifs is 1. The van der Waals surface area contributed by atoms with Gasteiger partial charge in [0.05, 0.1) is 0 Å². The summed E-state index contributed by atoms with van der Waals surface area (Å²) in [5.41, 5.74) is -1.65. The van der Waals surface area contributed by atoms with Crippen LogP contribution in [-0.2, 0) is 19.5 Å². The summed E-state index contributed by atoms with van der Waals surface area (Å²) >= 11 is 0. The largest absolute Gasteiger partial charge is 0.327 e. The van der Waals surface area contributed by atoms with Crippen molar-refractivity contribution in [2.75, 3.05) is 0 Å². The van der Waals surface area contributed by atoms with Gasteiger partial charge in [-0.1, -0.05) is 0 Å². The maximum atomic E-state index is 10.9. The predicted octanol–water partition coefficient (Wildman–Crippen LogP) is -1.74. The first-order valence-corrected chi connectivity index (χ1v) is 3.81. The summed E-state index contributed by atoms with van der Waals surface area (Å²) < 4.78 is 0. The zero-order chi connectivity index (χ0) is 12.1. The molecule has 0 aliphatic heterocycles. The molecule has 0 spiro atoms. The second-order valence-electron chi connectivity index (χ2n) is 2.46. The smallest absolute Gasteiger partial charge is 0.300 e. The second-order valence-corrected chi connectivity index (χ2v) is 2.46. The summed E-state index contributed by atoms with van der Waals surface area (Å²) in [4.78, 5) is 41.0. The summed E-state index contributed by atoms with van der Waals surface area (Å²) in [5, 5.41) is 14.5. The standard InChI is InChI=1S/C5H4N4O3.C2N2.Zn/c10-3-1-2(7-4(11)6-1)8-5(12)9-3;3-1-2-4;/h(H4,6,7,8,9,10,11,12);;. The molecule has 0 saturated heterocycles. The molecule has 2 aromatic rings. The minimum atomic E-state index is -0.650. The number of nitriles is 2. The molecule has 2 rings (SSSR count). The van der Waals surface area contributed by atoms with Gasteiger partial charge in [0.1, 0.15) is 11.2 Å². The van der Waals surface area contributed by atoms with Crippen LogP contribution >= 0.6 is 0 Å². The number of hydrogen-bond donors (Lipinski definition) is 4. The number of rotatable bonds is 0. The predicted molar refractivity (Wildman–Crippen MR) is 51.4 cm³/mol. The first-order chi connectivity index (χ1) is 7.58. The van der Waals surface area contributed by atoms with Crippen LogP contribution in [0, 0.1) is 22.7 Å². The zero-order valence-electron chi connectivity index (χ0n) is 8.33. The zero-order valence-corrected chi connectivity index (χ0v) is 11.3. The van der Waals surface area contributed by atoms with E-state index in [-0.39, 0.29) is 30.6 Å². The van der Waals surface area contributed by atoms with Crippen molar-refractivity contribution in [1.29, 1.82) is 10.5 Å². The van der Waals surface area contributed by atoms with Crippen molar-refractivity contribution in [3.63, 3.8) is 0 Å². The van der Waals surface area contributed by atoms with E-state index in [0.717, 1.165) is 0 Å². The first kappa shape index (κ1) is 14.6. The van der Waals surface area contributed by atoms with Crippen molar-refractivity contribution in [3.05, 3.63) is 31.3 Å². The van der Waals surface area contributed by atoms with Crippen LogP contribution in [0.25, 0.3) is 11.2 Å². The Hall–Kier alpha value is -2.45. The van der Waals surface area contributed by atoms with Gasteiger partial charge < -0.3 is 0 Å². The van der Waals surface area contributed by atoms with Crippen LogP contribution in [0.1, 0.15) is 0 Å². The fourth-order valence-corrected chi connectivity index (χ4v) is 0.958. The monoisotopic (exact) mass is 284 g/mol. The molecule has 0 saturated carbocycles. The summed E-state index contributed by atoms with van der Waals surface area (Å²) in [7, 11) is 0. The molecule has 0 atom stereocenters. The number of nitrogens with zero attached hydrogens (tertiary/aromatic N) is 2. The van der Waals surface area contributed by atoms with Crippen LogP contribution in [0.2, 0.25) is 0 Å². The normalized spacial score (nSPS) is 8.12. The topological polar surface area (TPSA) is 162 Å². The number of nitrogens with one attached hydrogen (secondary N) is 4. The van der Waals surface area contributed by atoms with E-state index in [1.54, 1.807) is 0 Å². The molecule has 82 valence electrons. The Morgan fingerprint density at radius 3 is 1.76 bits per heavy atom. The van der Waals surface area contributed by atoms with Crippen LogP contribution in [0.5, 0.6) is 0 Å². The van der Waals surface area contributed by atoms with Crippen LogP contribution in [-0.4, -0.2) is 19.9 Å². The molecule has 0 aliphatic carbocycles. The van der Waals surface area contributed by atoms with E-state index in [0.29, 0.717) is 0 Å². The van der Waals surface area contributed by atoms with Gasteiger partial charge in [-0.2, -0.15) is 10.5 Å². The van der Waals surface area contributed by atoms with Crippen LogP contribution < -0.4 is 16.9 Å². The van der Waals surface area contributed by atoms with E-state index in [9.17, 15) is 14.4 Å². The molecule has 0 radical (unpaired) electrons. The van der Waals surface area contributed by atoms with E-state index >= 15 is 0 Å². The molecule has 0 aliphatic rings. The molecule has 0 fully saturated rings. The third-order valence-corrected chi connectivity index (χ3v) is 1.47. The molecule has 9 nitrogen and oxygen atoms in total. The molecule has 4 N–H and O–H groups in total. The van der Waals surface area contributed by atoms with Gasteiger partial charge in [-0.15, -0.1) is 0 Å². The van der Waals surface area contributed by atoms with E-state index in [4.69, 9.17) is 10.5 Å². The SMILES string of the molecule is N#CC#N.O=c1[nH]c(=O)c2[nH]c(=O)[nH]c2[nH]1.[Zn]. The van der Waals surface area contributed by atoms with Crippen molar-refractivity contribution in [2.24, 2.45) is 0 Å². The van der Waals surface area contributed by atoms with Crippen molar-refractivity contribution in [2.45, 2.75) is 0 Å². The number of aromatic nitrogens is 4. The van der Waals surface area contributed by atoms with Gasteiger partial charge in [0, 0.05) is 19.5 Å². The molecule has 0 unspecified atom stereocenters. The summed E-state index contributed by atoms with van der Waals surface area (Å²) in [5.74, 6) is 0. The minimum absolute atomic E-state index is 0. The fraction of sp³-hybridized carbons (Fsp3) is 0. The fourth-order valence-electron chi connectivity index (χ4n) is 0.958. The third kappa shape index (κ3) is 3.56. The van der Waals surface area contributed by atoms with E-state index in [1.807, 2.05) is 4.98 Å². The Morgan fingerprint density at radius 2 is 1.29 bits per heavy atom. The summed E-state index contributed by atoms with van der Waals surface area (Å²) in [6, 6.07) is 2.47. The average Bonchev–Trinajstić information content (AvgIpc) is 2.59. The molecule has 0 amide bonds. The van der Waals surface area contributed by atoms with Gasteiger partial charge in [-0.25, -0.2) is 9.59 Å². The van der Waals surface area contributed by atoms with Crippen molar-refractivity contribution in [1.82, 2.24) is 19.9 Å². The molecule has 0 aromatic carbocycles. The maximum Gasteiger partial charge on any atom is 0.327 e. The third-order valence-electron chi connectivity index (χ3n) is 1.47. The molecule has 2 aromatic heterocycles. The molecular weight excluding hydrogens is 282 g/mol. The molecule has 10 heteroatoms. The Labute approximate surface area is 105 Å². The number of aromatic amines is 4. The maximum absolute atomic E-state index is 10.9. The Kier molecular flexibility index (Phi) is 5.31. The first-order valence-electron chi connectivity index (χ1n) is 3.81. The van der Waals surface area contributed by atoms with Crippen LogP contribution in [0.15, 0.2) is 14.4 Å². The molecule has 17 heavy (non-hydrogen) atoms. The van der Waals surface area contributed by atoms with Crippen molar-refractivity contribution >= 4 is 11.2 Å². The van der Waals surface area contributed by atoms with Gasteiger partial charge in [-0.05, 0) is 0 Å². The second kappa shape index (κ2) is 6.20. The number of imidazole rings is 1. The number of hydrogen-bond acceptors (Lipinski definition) is 5. The summed E-state index contributed by atoms with van der Waals surface area (Å²) in [6.07, 6.45) is 0. The van der Waals surface area contributed by atoms with Gasteiger partial charge >= 0.3 is 11.4 Å². The molecular formula is C7H4N6O3Zn. The van der Waals surface area contributed by atoms with E-state index < -0.39 is 16.9 Å². The Balaban J connectivity index is 0.000000453. The van der Waals surface area contributed by atoms with E-state index in [2.05, 4.69) is 15.0 Å². The Morgan fingerprint density at radius 1 is 0.824 bits per heavy atom. The van der Waals surface area contributed by atoms with Gasteiger partial charge in [0.25, 0.3) is 5.56 Å². The van der Waals surface area contributed by atoms with Gasteiger partial charge in [-0.3, -0.25) is 24.7 Å².